The van der Waals surface area contributed by atoms with Gasteiger partial charge in [-0.3, -0.25) is 4.72 Å². The average Bonchev–Trinajstić information content (AvgIpc) is 2.36. The van der Waals surface area contributed by atoms with Crippen LogP contribution in [0, 0.1) is 0 Å². The van der Waals surface area contributed by atoms with Gasteiger partial charge in [-0.2, -0.15) is 0 Å². The lowest BCUT2D eigenvalue weighted by atomic mass is 10.2. The van der Waals surface area contributed by atoms with Gasteiger partial charge in [0.15, 0.2) is 0 Å². The van der Waals surface area contributed by atoms with Gasteiger partial charge in [0.1, 0.15) is 9.84 Å². The number of rotatable bonds is 9. The normalized spacial score (nSPS) is 12.3. The van der Waals surface area contributed by atoms with Gasteiger partial charge in [0, 0.05) is 18.5 Å². The molecule has 6 nitrogen and oxygen atoms in total. The van der Waals surface area contributed by atoms with Crippen LogP contribution in [-0.4, -0.2) is 41.1 Å². The molecule has 0 radical (unpaired) electrons. The summed E-state index contributed by atoms with van der Waals surface area (Å²) in [4.78, 5) is 0. The van der Waals surface area contributed by atoms with Crippen molar-refractivity contribution in [3.8, 4) is 0 Å². The summed E-state index contributed by atoms with van der Waals surface area (Å²) in [6.07, 6.45) is 2.04. The highest BCUT2D eigenvalue weighted by Gasteiger charge is 2.14. The van der Waals surface area contributed by atoms with Crippen molar-refractivity contribution < 1.29 is 16.8 Å². The van der Waals surface area contributed by atoms with E-state index >= 15 is 0 Å². The van der Waals surface area contributed by atoms with Crippen LogP contribution in [-0.2, 0) is 26.4 Å². The highest BCUT2D eigenvalue weighted by Crippen LogP contribution is 2.12. The second-order valence-corrected chi connectivity index (χ2v) is 9.03. The summed E-state index contributed by atoms with van der Waals surface area (Å²) < 4.78 is 48.1. The fraction of sp³-hybridized carbons (Fsp3) is 0.538. The van der Waals surface area contributed by atoms with Gasteiger partial charge in [-0.25, -0.2) is 16.8 Å². The molecule has 0 aliphatic rings. The molecule has 0 fully saturated rings. The van der Waals surface area contributed by atoms with Crippen molar-refractivity contribution >= 4 is 25.5 Å². The molecule has 1 aromatic carbocycles. The van der Waals surface area contributed by atoms with Crippen molar-refractivity contribution in [2.75, 3.05) is 29.0 Å². The van der Waals surface area contributed by atoms with Gasteiger partial charge in [0.2, 0.25) is 10.0 Å². The van der Waals surface area contributed by atoms with Crippen molar-refractivity contribution in [1.82, 2.24) is 5.32 Å². The fourth-order valence-electron chi connectivity index (χ4n) is 1.65. The number of benzene rings is 1. The van der Waals surface area contributed by atoms with E-state index in [-0.39, 0.29) is 5.75 Å². The number of nitrogens with one attached hydrogen (secondary N) is 2. The number of hydrogen-bond donors (Lipinski definition) is 2. The smallest absolute Gasteiger partial charge is 0.233 e. The summed E-state index contributed by atoms with van der Waals surface area (Å²) in [7, 11) is -6.96. The number of anilines is 1. The predicted octanol–water partition coefficient (Wildman–Crippen LogP) is 0.972. The zero-order valence-electron chi connectivity index (χ0n) is 12.3. The van der Waals surface area contributed by atoms with Crippen molar-refractivity contribution in [2.45, 2.75) is 19.9 Å². The minimum Gasteiger partial charge on any atom is -0.313 e. The first-order chi connectivity index (χ1) is 9.72. The largest absolute Gasteiger partial charge is 0.313 e. The summed E-state index contributed by atoms with van der Waals surface area (Å²) in [6.45, 7) is 3.62. The first kappa shape index (κ1) is 17.9. The van der Waals surface area contributed by atoms with Crippen LogP contribution in [0.1, 0.15) is 18.9 Å². The summed E-state index contributed by atoms with van der Waals surface area (Å²) in [5.41, 5.74) is 1.41. The molecule has 0 unspecified atom stereocenters. The van der Waals surface area contributed by atoms with Gasteiger partial charge in [-0.05, 0) is 30.7 Å². The average molecular weight is 334 g/mol. The van der Waals surface area contributed by atoms with Crippen molar-refractivity contribution in [1.29, 1.82) is 0 Å². The van der Waals surface area contributed by atoms with Crippen LogP contribution < -0.4 is 10.0 Å². The Morgan fingerprint density at radius 2 is 1.81 bits per heavy atom. The van der Waals surface area contributed by atoms with Crippen LogP contribution in [0.4, 0.5) is 5.69 Å². The van der Waals surface area contributed by atoms with Crippen LogP contribution in [0.3, 0.4) is 0 Å². The van der Waals surface area contributed by atoms with Gasteiger partial charge in [-0.15, -0.1) is 0 Å². The number of sulfonamides is 1. The second-order valence-electron chi connectivity index (χ2n) is 4.93. The first-order valence-corrected chi connectivity index (χ1v) is 10.4. The molecule has 0 aromatic heterocycles. The van der Waals surface area contributed by atoms with E-state index in [1.807, 2.05) is 6.07 Å². The molecule has 21 heavy (non-hydrogen) atoms. The van der Waals surface area contributed by atoms with E-state index in [1.165, 1.54) is 0 Å². The molecule has 0 saturated heterocycles. The van der Waals surface area contributed by atoms with Gasteiger partial charge in [0.05, 0.1) is 11.5 Å². The van der Waals surface area contributed by atoms with E-state index in [0.717, 1.165) is 24.8 Å². The van der Waals surface area contributed by atoms with Crippen LogP contribution in [0.25, 0.3) is 0 Å². The molecule has 8 heteroatoms. The third-order valence-corrected chi connectivity index (χ3v) is 5.17. The van der Waals surface area contributed by atoms with Crippen LogP contribution >= 0.6 is 0 Å². The lowest BCUT2D eigenvalue weighted by Crippen LogP contribution is -2.22. The lowest BCUT2D eigenvalue weighted by Gasteiger charge is -2.09. The highest BCUT2D eigenvalue weighted by molar-refractivity contribution is 7.95. The van der Waals surface area contributed by atoms with Crippen molar-refractivity contribution in [2.24, 2.45) is 0 Å². The summed E-state index contributed by atoms with van der Waals surface area (Å²) >= 11 is 0. The van der Waals surface area contributed by atoms with E-state index < -0.39 is 25.6 Å². The Morgan fingerprint density at radius 3 is 2.43 bits per heavy atom. The van der Waals surface area contributed by atoms with E-state index in [9.17, 15) is 16.8 Å². The highest BCUT2D eigenvalue weighted by atomic mass is 32.2. The Hall–Kier alpha value is -1.12. The van der Waals surface area contributed by atoms with E-state index in [4.69, 9.17) is 0 Å². The van der Waals surface area contributed by atoms with Crippen molar-refractivity contribution in [3.63, 3.8) is 0 Å². The molecule has 120 valence electrons. The first-order valence-electron chi connectivity index (χ1n) is 6.70. The topological polar surface area (TPSA) is 92.3 Å². The zero-order valence-corrected chi connectivity index (χ0v) is 13.9. The molecular formula is C13H22N2O4S2. The minimum atomic E-state index is -3.66. The van der Waals surface area contributed by atoms with Gasteiger partial charge in [0.25, 0.3) is 0 Å². The molecule has 0 heterocycles. The molecule has 0 bridgehead atoms. The van der Waals surface area contributed by atoms with Crippen LogP contribution in [0.5, 0.6) is 0 Å². The van der Waals surface area contributed by atoms with Crippen LogP contribution in [0.2, 0.25) is 0 Å². The lowest BCUT2D eigenvalue weighted by molar-refractivity contribution is 0.593. The van der Waals surface area contributed by atoms with Gasteiger partial charge < -0.3 is 5.32 Å². The maximum atomic E-state index is 11.8. The molecule has 0 atom stereocenters. The molecule has 0 aliphatic carbocycles. The quantitative estimate of drug-likeness (QED) is 0.657. The fourth-order valence-corrected chi connectivity index (χ4v) is 4.32. The molecule has 2 N–H and O–H groups in total. The monoisotopic (exact) mass is 334 g/mol. The third kappa shape index (κ3) is 8.03. The Morgan fingerprint density at radius 1 is 1.10 bits per heavy atom. The molecule has 0 aliphatic heterocycles. The van der Waals surface area contributed by atoms with Gasteiger partial charge >= 0.3 is 0 Å². The van der Waals surface area contributed by atoms with Crippen LogP contribution in [0.15, 0.2) is 24.3 Å². The zero-order chi connectivity index (χ0) is 15.9. The molecule has 0 saturated carbocycles. The molecule has 0 spiro atoms. The van der Waals surface area contributed by atoms with E-state index in [1.54, 1.807) is 18.2 Å². The molecule has 1 aromatic rings. The maximum absolute atomic E-state index is 11.8. The Bertz CT molecular complexity index is 655. The molecule has 1 rings (SSSR count). The number of sulfone groups is 1. The van der Waals surface area contributed by atoms with E-state index in [2.05, 4.69) is 17.0 Å². The summed E-state index contributed by atoms with van der Waals surface area (Å²) in [5.74, 6) is -0.829. The maximum Gasteiger partial charge on any atom is 0.233 e. The van der Waals surface area contributed by atoms with Gasteiger partial charge in [-0.1, -0.05) is 19.1 Å². The SMILES string of the molecule is CCCNCc1cccc(NS(=O)(=O)CCS(C)(=O)=O)c1. The van der Waals surface area contributed by atoms with E-state index in [0.29, 0.717) is 12.2 Å². The summed E-state index contributed by atoms with van der Waals surface area (Å²) in [6, 6.07) is 7.04. The second kappa shape index (κ2) is 7.77. The molecular weight excluding hydrogens is 312 g/mol. The Kier molecular flexibility index (Phi) is 6.63. The third-order valence-electron chi connectivity index (χ3n) is 2.68. The molecule has 0 amide bonds. The summed E-state index contributed by atoms with van der Waals surface area (Å²) in [5, 5.41) is 3.23. The predicted molar refractivity (Wildman–Crippen MR) is 85.6 cm³/mol. The van der Waals surface area contributed by atoms with Crippen molar-refractivity contribution in [3.05, 3.63) is 29.8 Å². The number of hydrogen-bond acceptors (Lipinski definition) is 5. The minimum absolute atomic E-state index is 0.389. The standard InChI is InChI=1S/C13H22N2O4S2/c1-3-7-14-11-12-5-4-6-13(10-12)15-21(18,19)9-8-20(2,16)17/h4-6,10,14-15H,3,7-9,11H2,1-2H3. The Balaban J connectivity index is 2.67. The Labute approximate surface area is 126 Å².